The largest absolute Gasteiger partial charge is 0.334 e. The fourth-order valence-corrected chi connectivity index (χ4v) is 3.53. The van der Waals surface area contributed by atoms with Crippen molar-refractivity contribution in [2.45, 2.75) is 13.5 Å². The quantitative estimate of drug-likeness (QED) is 0.485. The second kappa shape index (κ2) is 5.39. The molecule has 1 radical (unpaired) electrons. The third-order valence-electron chi connectivity index (χ3n) is 4.20. The number of nitrogens with zero attached hydrogens (tertiary/aromatic N) is 2. The van der Waals surface area contributed by atoms with Crippen molar-refractivity contribution >= 4 is 33.4 Å². The highest BCUT2D eigenvalue weighted by atomic mass is 35.5. The van der Waals surface area contributed by atoms with Crippen molar-refractivity contribution in [1.29, 1.82) is 0 Å². The smallest absolute Gasteiger partial charge is 0.0710 e. The number of aryl methyl sites for hydroxylation is 1. The first-order chi connectivity index (χ1) is 11.1. The van der Waals surface area contributed by atoms with E-state index in [0.29, 0.717) is 0 Å². The van der Waals surface area contributed by atoms with Crippen LogP contribution < -0.4 is 0 Å². The van der Waals surface area contributed by atoms with Crippen LogP contribution in [0.25, 0.3) is 21.8 Å². The van der Waals surface area contributed by atoms with Crippen LogP contribution in [-0.2, 0) is 6.54 Å². The van der Waals surface area contributed by atoms with E-state index in [1.54, 1.807) is 0 Å². The molecule has 0 spiro atoms. The predicted molar refractivity (Wildman–Crippen MR) is 97.0 cm³/mol. The lowest BCUT2D eigenvalue weighted by Gasteiger charge is -2.10. The number of aromatic nitrogens is 2. The number of benzene rings is 2. The van der Waals surface area contributed by atoms with Gasteiger partial charge in [0.2, 0.25) is 0 Å². The fraction of sp³-hybridized carbons (Fsp3) is 0.100. The summed E-state index contributed by atoms with van der Waals surface area (Å²) in [5.41, 5.74) is 5.36. The first-order valence-corrected chi connectivity index (χ1v) is 7.96. The monoisotopic (exact) mass is 319 g/mol. The Labute approximate surface area is 140 Å². The van der Waals surface area contributed by atoms with Gasteiger partial charge in [0, 0.05) is 33.6 Å². The summed E-state index contributed by atoms with van der Waals surface area (Å²) in [6.07, 6.45) is 0. The van der Waals surface area contributed by atoms with Gasteiger partial charge in [-0.15, -0.1) is 0 Å². The summed E-state index contributed by atoms with van der Waals surface area (Å²) in [6, 6.07) is 18.5. The van der Waals surface area contributed by atoms with Crippen molar-refractivity contribution in [3.05, 3.63) is 83.5 Å². The Hall–Kier alpha value is -2.32. The zero-order valence-electron chi connectivity index (χ0n) is 12.9. The van der Waals surface area contributed by atoms with Crippen LogP contribution in [0.5, 0.6) is 0 Å². The molecule has 0 bridgehead atoms. The molecule has 2 aromatic carbocycles. The lowest BCUT2D eigenvalue weighted by atomic mass is 10.1. The van der Waals surface area contributed by atoms with Crippen molar-refractivity contribution in [1.82, 2.24) is 9.55 Å². The van der Waals surface area contributed by atoms with E-state index in [4.69, 9.17) is 11.6 Å². The minimum Gasteiger partial charge on any atom is -0.334 e. The number of hydrogen-bond acceptors (Lipinski definition) is 1. The van der Waals surface area contributed by atoms with E-state index in [1.165, 1.54) is 27.4 Å². The van der Waals surface area contributed by atoms with Crippen LogP contribution in [0, 0.1) is 13.8 Å². The molecule has 0 aliphatic heterocycles. The maximum atomic E-state index is 6.14. The molecular weight excluding hydrogens is 304 g/mol. The second-order valence-electron chi connectivity index (χ2n) is 5.83. The van der Waals surface area contributed by atoms with Gasteiger partial charge < -0.3 is 4.57 Å². The molecule has 0 saturated carbocycles. The molecule has 23 heavy (non-hydrogen) atoms. The van der Waals surface area contributed by atoms with E-state index in [-0.39, 0.29) is 0 Å². The molecule has 3 heteroatoms. The average Bonchev–Trinajstić information content (AvgIpc) is 2.82. The van der Waals surface area contributed by atoms with Gasteiger partial charge >= 0.3 is 0 Å². The maximum absolute atomic E-state index is 6.14. The molecular formula is C20H16ClN2. The number of halogens is 1. The first-order valence-electron chi connectivity index (χ1n) is 7.58. The molecule has 2 nitrogen and oxygen atoms in total. The van der Waals surface area contributed by atoms with Gasteiger partial charge in [0.05, 0.1) is 11.2 Å². The molecule has 113 valence electrons. The minimum absolute atomic E-state index is 0.762. The number of rotatable bonds is 2. The van der Waals surface area contributed by atoms with Crippen LogP contribution in [-0.4, -0.2) is 9.55 Å². The second-order valence-corrected chi connectivity index (χ2v) is 6.26. The molecule has 0 aliphatic rings. The van der Waals surface area contributed by atoms with Crippen LogP contribution >= 0.6 is 11.6 Å². The highest BCUT2D eigenvalue weighted by Gasteiger charge is 2.14. The van der Waals surface area contributed by atoms with Crippen molar-refractivity contribution in [2.75, 3.05) is 0 Å². The predicted octanol–water partition coefficient (Wildman–Crippen LogP) is 5.38. The molecule has 0 saturated heterocycles. The number of para-hydroxylation sites is 1. The third kappa shape index (κ3) is 2.40. The lowest BCUT2D eigenvalue weighted by molar-refractivity contribution is 0.862. The van der Waals surface area contributed by atoms with E-state index in [1.807, 2.05) is 25.1 Å². The molecule has 4 rings (SSSR count). The fourth-order valence-electron chi connectivity index (χ4n) is 3.32. The van der Waals surface area contributed by atoms with Gasteiger partial charge in [0.15, 0.2) is 0 Å². The maximum Gasteiger partial charge on any atom is 0.0710 e. The van der Waals surface area contributed by atoms with Gasteiger partial charge in [-0.05, 0) is 43.7 Å². The first kappa shape index (κ1) is 14.3. The normalized spacial score (nSPS) is 11.4. The van der Waals surface area contributed by atoms with Crippen molar-refractivity contribution in [3.8, 4) is 0 Å². The molecule has 0 amide bonds. The Bertz CT molecular complexity index is 1030. The zero-order chi connectivity index (χ0) is 16.0. The highest BCUT2D eigenvalue weighted by molar-refractivity contribution is 6.30. The Kier molecular flexibility index (Phi) is 3.35. The van der Waals surface area contributed by atoms with E-state index >= 15 is 0 Å². The molecule has 4 aromatic rings. The molecule has 0 unspecified atom stereocenters. The Morgan fingerprint density at radius 1 is 1.04 bits per heavy atom. The standard InChI is InChI=1S/C20H16ClN2/c1-13-10-18-17-8-3-4-9-19(17)23(20(18)14(2)22-13)12-15-6-5-7-16(21)11-15/h3-11H,1,12H2,2H3. The highest BCUT2D eigenvalue weighted by Crippen LogP contribution is 2.31. The molecule has 0 N–H and O–H groups in total. The van der Waals surface area contributed by atoms with Crippen LogP contribution in [0.4, 0.5) is 0 Å². The summed E-state index contributed by atoms with van der Waals surface area (Å²) in [4.78, 5) is 4.56. The summed E-state index contributed by atoms with van der Waals surface area (Å²) in [7, 11) is 0. The van der Waals surface area contributed by atoms with Crippen molar-refractivity contribution < 1.29 is 0 Å². The van der Waals surface area contributed by atoms with Gasteiger partial charge in [-0.25, -0.2) is 0 Å². The summed E-state index contributed by atoms with van der Waals surface area (Å²) in [5.74, 6) is 0. The van der Waals surface area contributed by atoms with Gasteiger partial charge in [-0.2, -0.15) is 0 Å². The number of hydrogen-bond donors (Lipinski definition) is 0. The van der Waals surface area contributed by atoms with Crippen LogP contribution in [0.1, 0.15) is 17.0 Å². The summed E-state index contributed by atoms with van der Waals surface area (Å²) in [5, 5.41) is 3.21. The molecule has 0 aliphatic carbocycles. The molecule has 2 aromatic heterocycles. The average molecular weight is 320 g/mol. The van der Waals surface area contributed by atoms with E-state index in [2.05, 4.69) is 52.9 Å². The molecule has 0 atom stereocenters. The molecule has 2 heterocycles. The summed E-state index contributed by atoms with van der Waals surface area (Å²) < 4.78 is 2.32. The summed E-state index contributed by atoms with van der Waals surface area (Å²) in [6.45, 7) is 6.82. The van der Waals surface area contributed by atoms with E-state index in [9.17, 15) is 0 Å². The van der Waals surface area contributed by atoms with Crippen LogP contribution in [0.15, 0.2) is 54.6 Å². The Balaban J connectivity index is 2.03. The van der Waals surface area contributed by atoms with Gasteiger partial charge in [-0.1, -0.05) is 41.9 Å². The van der Waals surface area contributed by atoms with E-state index in [0.717, 1.165) is 23.0 Å². The SMILES string of the molecule is [CH2]c1cc2c3ccccc3n(Cc3cccc(Cl)c3)c2c(C)n1. The number of pyridine rings is 1. The van der Waals surface area contributed by atoms with Crippen molar-refractivity contribution in [2.24, 2.45) is 0 Å². The topological polar surface area (TPSA) is 17.8 Å². The van der Waals surface area contributed by atoms with Crippen molar-refractivity contribution in [3.63, 3.8) is 0 Å². The third-order valence-corrected chi connectivity index (χ3v) is 4.44. The van der Waals surface area contributed by atoms with Crippen LogP contribution in [0.2, 0.25) is 5.02 Å². The zero-order valence-corrected chi connectivity index (χ0v) is 13.6. The van der Waals surface area contributed by atoms with Crippen LogP contribution in [0.3, 0.4) is 0 Å². The Morgan fingerprint density at radius 3 is 2.70 bits per heavy atom. The Morgan fingerprint density at radius 2 is 1.87 bits per heavy atom. The molecule has 0 fully saturated rings. The number of fused-ring (bicyclic) bond motifs is 3. The van der Waals surface area contributed by atoms with Gasteiger partial charge in [0.25, 0.3) is 0 Å². The van der Waals surface area contributed by atoms with E-state index < -0.39 is 0 Å². The van der Waals surface area contributed by atoms with Gasteiger partial charge in [-0.3, -0.25) is 4.98 Å². The lowest BCUT2D eigenvalue weighted by Crippen LogP contribution is -2.01. The van der Waals surface area contributed by atoms with Gasteiger partial charge in [0.1, 0.15) is 0 Å². The summed E-state index contributed by atoms with van der Waals surface area (Å²) >= 11 is 6.14. The minimum atomic E-state index is 0.762.